The van der Waals surface area contributed by atoms with E-state index in [1.807, 2.05) is 0 Å². The fourth-order valence-corrected chi connectivity index (χ4v) is 3.69. The second kappa shape index (κ2) is 3.82. The molecule has 0 spiro atoms. The standard InChI is InChI=1S/C12H22N2/c1-2-4-11-9-14(8-10(11)3-1)12-5-6-13-7-12/h10-13H,1-9H2/t10-,11+,12?. The fourth-order valence-electron chi connectivity index (χ4n) is 3.69. The Hall–Kier alpha value is -0.0800. The van der Waals surface area contributed by atoms with Crippen molar-refractivity contribution in [1.29, 1.82) is 0 Å². The molecule has 2 saturated heterocycles. The molecule has 2 heterocycles. The first-order valence-electron chi connectivity index (χ1n) is 6.38. The Bertz CT molecular complexity index is 184. The smallest absolute Gasteiger partial charge is 0.0232 e. The SMILES string of the molecule is C1CC[C@H]2CN(C3CCNC3)C[C@H]2C1. The third-order valence-corrected chi connectivity index (χ3v) is 4.56. The van der Waals surface area contributed by atoms with Crippen LogP contribution in [0.4, 0.5) is 0 Å². The van der Waals surface area contributed by atoms with Crippen molar-refractivity contribution in [2.24, 2.45) is 11.8 Å². The summed E-state index contributed by atoms with van der Waals surface area (Å²) in [6.45, 7) is 5.32. The summed E-state index contributed by atoms with van der Waals surface area (Å²) in [5.41, 5.74) is 0. The third-order valence-electron chi connectivity index (χ3n) is 4.56. The van der Waals surface area contributed by atoms with Crippen LogP contribution in [0.2, 0.25) is 0 Å². The molecule has 3 rings (SSSR count). The Morgan fingerprint density at radius 1 is 0.929 bits per heavy atom. The second-order valence-electron chi connectivity index (χ2n) is 5.41. The number of rotatable bonds is 1. The summed E-state index contributed by atoms with van der Waals surface area (Å²) < 4.78 is 0. The molecule has 0 aromatic carbocycles. The van der Waals surface area contributed by atoms with Crippen LogP contribution >= 0.6 is 0 Å². The van der Waals surface area contributed by atoms with E-state index in [4.69, 9.17) is 0 Å². The summed E-state index contributed by atoms with van der Waals surface area (Å²) in [6, 6.07) is 0.876. The van der Waals surface area contributed by atoms with E-state index in [0.29, 0.717) is 0 Å². The summed E-state index contributed by atoms with van der Waals surface area (Å²) >= 11 is 0. The lowest BCUT2D eigenvalue weighted by Crippen LogP contribution is -2.35. The van der Waals surface area contributed by atoms with Crippen LogP contribution in [0, 0.1) is 11.8 Å². The highest BCUT2D eigenvalue weighted by Gasteiger charge is 2.37. The molecule has 1 saturated carbocycles. The second-order valence-corrected chi connectivity index (χ2v) is 5.41. The minimum absolute atomic E-state index is 0.876. The van der Waals surface area contributed by atoms with Gasteiger partial charge in [0.05, 0.1) is 0 Å². The first-order chi connectivity index (χ1) is 6.93. The van der Waals surface area contributed by atoms with Gasteiger partial charge in [-0.05, 0) is 37.6 Å². The van der Waals surface area contributed by atoms with Gasteiger partial charge in [0.2, 0.25) is 0 Å². The lowest BCUT2D eigenvalue weighted by Gasteiger charge is -2.23. The van der Waals surface area contributed by atoms with Gasteiger partial charge in [-0.1, -0.05) is 12.8 Å². The lowest BCUT2D eigenvalue weighted by molar-refractivity contribution is 0.245. The minimum Gasteiger partial charge on any atom is -0.315 e. The molecule has 0 bridgehead atoms. The molecule has 2 aliphatic heterocycles. The van der Waals surface area contributed by atoms with Gasteiger partial charge in [-0.15, -0.1) is 0 Å². The van der Waals surface area contributed by atoms with Gasteiger partial charge in [-0.2, -0.15) is 0 Å². The maximum Gasteiger partial charge on any atom is 0.0232 e. The lowest BCUT2D eigenvalue weighted by atomic mass is 9.82. The molecule has 1 N–H and O–H groups in total. The Morgan fingerprint density at radius 2 is 1.64 bits per heavy atom. The molecule has 2 nitrogen and oxygen atoms in total. The highest BCUT2D eigenvalue weighted by atomic mass is 15.2. The van der Waals surface area contributed by atoms with Gasteiger partial charge in [-0.3, -0.25) is 4.90 Å². The van der Waals surface area contributed by atoms with Crippen molar-refractivity contribution in [2.75, 3.05) is 26.2 Å². The summed E-state index contributed by atoms with van der Waals surface area (Å²) in [5.74, 6) is 2.12. The maximum absolute atomic E-state index is 3.49. The average Bonchev–Trinajstić information content (AvgIpc) is 2.86. The van der Waals surface area contributed by atoms with Crippen molar-refractivity contribution in [3.8, 4) is 0 Å². The molecule has 0 aromatic heterocycles. The molecule has 3 aliphatic rings. The molecule has 0 amide bonds. The largest absolute Gasteiger partial charge is 0.315 e. The summed E-state index contributed by atoms with van der Waals surface area (Å²) in [6.07, 6.45) is 7.41. The molecule has 0 aromatic rings. The molecule has 80 valence electrons. The van der Waals surface area contributed by atoms with Gasteiger partial charge in [0.15, 0.2) is 0 Å². The number of likely N-dealkylation sites (tertiary alicyclic amines) is 1. The van der Waals surface area contributed by atoms with Crippen molar-refractivity contribution in [1.82, 2.24) is 10.2 Å². The fraction of sp³-hybridized carbons (Fsp3) is 1.00. The van der Waals surface area contributed by atoms with E-state index < -0.39 is 0 Å². The van der Waals surface area contributed by atoms with E-state index in [1.54, 1.807) is 0 Å². The van der Waals surface area contributed by atoms with Gasteiger partial charge in [0, 0.05) is 25.7 Å². The molecule has 2 heteroatoms. The molecule has 1 unspecified atom stereocenters. The highest BCUT2D eigenvalue weighted by molar-refractivity contribution is 4.92. The number of hydrogen-bond donors (Lipinski definition) is 1. The van der Waals surface area contributed by atoms with Crippen LogP contribution in [0.3, 0.4) is 0 Å². The molecule has 3 fully saturated rings. The summed E-state index contributed by atoms with van der Waals surface area (Å²) in [7, 11) is 0. The zero-order valence-corrected chi connectivity index (χ0v) is 9.04. The Kier molecular flexibility index (Phi) is 2.50. The number of nitrogens with zero attached hydrogens (tertiary/aromatic N) is 1. The minimum atomic E-state index is 0.876. The first-order valence-corrected chi connectivity index (χ1v) is 6.38. The van der Waals surface area contributed by atoms with Crippen molar-refractivity contribution in [3.63, 3.8) is 0 Å². The van der Waals surface area contributed by atoms with E-state index in [-0.39, 0.29) is 0 Å². The van der Waals surface area contributed by atoms with Crippen LogP contribution in [0.5, 0.6) is 0 Å². The van der Waals surface area contributed by atoms with Crippen LogP contribution in [0.15, 0.2) is 0 Å². The zero-order chi connectivity index (χ0) is 9.38. The van der Waals surface area contributed by atoms with Crippen LogP contribution in [-0.2, 0) is 0 Å². The van der Waals surface area contributed by atoms with E-state index >= 15 is 0 Å². The predicted molar refractivity (Wildman–Crippen MR) is 58.3 cm³/mol. The van der Waals surface area contributed by atoms with E-state index in [0.717, 1.165) is 17.9 Å². The molecule has 0 radical (unpaired) electrons. The predicted octanol–water partition coefficient (Wildman–Crippen LogP) is 1.47. The Labute approximate surface area is 87.0 Å². The number of fused-ring (bicyclic) bond motifs is 1. The van der Waals surface area contributed by atoms with Crippen LogP contribution in [0.25, 0.3) is 0 Å². The molecular formula is C12H22N2. The van der Waals surface area contributed by atoms with Crippen LogP contribution in [-0.4, -0.2) is 37.1 Å². The molecule has 1 aliphatic carbocycles. The van der Waals surface area contributed by atoms with Crippen LogP contribution < -0.4 is 5.32 Å². The zero-order valence-electron chi connectivity index (χ0n) is 9.04. The quantitative estimate of drug-likeness (QED) is 0.680. The average molecular weight is 194 g/mol. The van der Waals surface area contributed by atoms with Gasteiger partial charge in [-0.25, -0.2) is 0 Å². The van der Waals surface area contributed by atoms with Gasteiger partial charge in [0.1, 0.15) is 0 Å². The Balaban J connectivity index is 1.61. The number of hydrogen-bond acceptors (Lipinski definition) is 2. The third kappa shape index (κ3) is 1.59. The van der Waals surface area contributed by atoms with Gasteiger partial charge >= 0.3 is 0 Å². The van der Waals surface area contributed by atoms with Gasteiger partial charge in [0.25, 0.3) is 0 Å². The van der Waals surface area contributed by atoms with Crippen LogP contribution in [0.1, 0.15) is 32.1 Å². The molecular weight excluding hydrogens is 172 g/mol. The van der Waals surface area contributed by atoms with Crippen molar-refractivity contribution in [3.05, 3.63) is 0 Å². The maximum atomic E-state index is 3.49. The first kappa shape index (κ1) is 9.17. The Morgan fingerprint density at radius 3 is 2.21 bits per heavy atom. The van der Waals surface area contributed by atoms with Crippen molar-refractivity contribution >= 4 is 0 Å². The van der Waals surface area contributed by atoms with Crippen molar-refractivity contribution in [2.45, 2.75) is 38.1 Å². The van der Waals surface area contributed by atoms with E-state index in [9.17, 15) is 0 Å². The van der Waals surface area contributed by atoms with E-state index in [2.05, 4.69) is 10.2 Å². The highest BCUT2D eigenvalue weighted by Crippen LogP contribution is 2.37. The topological polar surface area (TPSA) is 15.3 Å². The summed E-state index contributed by atoms with van der Waals surface area (Å²) in [5, 5.41) is 3.49. The van der Waals surface area contributed by atoms with Gasteiger partial charge < -0.3 is 5.32 Å². The normalized spacial score (nSPS) is 44.1. The number of nitrogens with one attached hydrogen (secondary N) is 1. The van der Waals surface area contributed by atoms with Crippen molar-refractivity contribution < 1.29 is 0 Å². The molecule has 3 atom stereocenters. The summed E-state index contributed by atoms with van der Waals surface area (Å²) in [4.78, 5) is 2.78. The molecule has 14 heavy (non-hydrogen) atoms. The van der Waals surface area contributed by atoms with E-state index in [1.165, 1.54) is 58.3 Å². The monoisotopic (exact) mass is 194 g/mol.